The highest BCUT2D eigenvalue weighted by Gasteiger charge is 2.75. The number of esters is 3. The smallest absolute Gasteiger partial charge is 0.335 e. The van der Waals surface area contributed by atoms with Gasteiger partial charge < -0.3 is 123 Å². The average Bonchev–Trinajstić information content (AvgIpc) is 0.669. The summed E-state index contributed by atoms with van der Waals surface area (Å²) in [4.78, 5) is 67.8. The third-order valence-electron chi connectivity index (χ3n) is 22.9. The number of carboxylic acids is 1. The number of aldehydes is 1. The highest BCUT2D eigenvalue weighted by molar-refractivity contribution is 5.87. The van der Waals surface area contributed by atoms with Crippen molar-refractivity contribution in [1.29, 1.82) is 0 Å². The van der Waals surface area contributed by atoms with Crippen LogP contribution in [-0.2, 0) is 76.1 Å². The Kier molecular flexibility index (Phi) is 21.0. The van der Waals surface area contributed by atoms with Crippen LogP contribution < -0.4 is 0 Å². The fourth-order valence-corrected chi connectivity index (χ4v) is 17.6. The maximum atomic E-state index is 14.3. The van der Waals surface area contributed by atoms with E-state index in [2.05, 4.69) is 26.8 Å². The van der Waals surface area contributed by atoms with Crippen molar-refractivity contribution in [3.05, 3.63) is 23.3 Å². The minimum Gasteiger partial charge on any atom is -0.479 e. The first-order valence-electron chi connectivity index (χ1n) is 31.3. The predicted molar refractivity (Wildman–Crippen MR) is 304 cm³/mol. The number of carboxylic acid groups (broad SMARTS) is 1. The average molecular weight is 1300 g/mol. The topological polar surface area (TPSA) is 450 Å². The molecule has 4 saturated carbocycles. The van der Waals surface area contributed by atoms with E-state index in [1.807, 2.05) is 13.8 Å². The Morgan fingerprint density at radius 3 is 1.74 bits per heavy atom. The van der Waals surface area contributed by atoms with Gasteiger partial charge in [0, 0.05) is 24.8 Å². The Bertz CT molecular complexity index is 2720. The molecular weight excluding hydrogens is 1210 g/mol. The monoisotopic (exact) mass is 1300 g/mol. The van der Waals surface area contributed by atoms with Crippen LogP contribution in [0.2, 0.25) is 0 Å². The van der Waals surface area contributed by atoms with Crippen molar-refractivity contribution in [2.45, 2.75) is 255 Å². The second kappa shape index (κ2) is 26.7. The molecule has 0 spiro atoms. The lowest BCUT2D eigenvalue weighted by atomic mass is 9.33. The van der Waals surface area contributed by atoms with Gasteiger partial charge in [-0.1, -0.05) is 59.3 Å². The lowest BCUT2D eigenvalue weighted by molar-refractivity contribution is -0.400. The van der Waals surface area contributed by atoms with E-state index < -0.39 is 236 Å². The SMILES string of the molecule is C/C=C(/C)C(=O)O[C@@H]1[C@H](OC(C)=O)[C@]2(CO)[C@@H](OC(C)=O)C[C@]3(C)C(=CC[C@@H]4[C@@]5(C)CC[C@@H](O[C@@H]6O[C@@H](C(=O)O)[C@H](O)[C@@H](O[C@@H]7OC[C@H](O)[C@@H](O)[C@H]7O[C@H]7O[C@H](CO)[C@H](O)[C@H](O)[C@@H]7O)[C@@H]6O[C@@H]6O[C@@H](CO)[C@@H](O)[C@H](O)[C@@H]6O)[C@@](C)(C=O)[C@@H]5CC[C@]43C)[C@H]2CC1(C)C. The molecule has 0 aromatic heterocycles. The molecule has 0 aromatic carbocycles. The molecule has 0 aromatic rings. The first-order valence-corrected chi connectivity index (χ1v) is 31.3. The molecule has 91 heavy (non-hydrogen) atoms. The number of aliphatic hydroxyl groups excluding tert-OH is 12. The van der Waals surface area contributed by atoms with Crippen molar-refractivity contribution in [3.8, 4) is 0 Å². The molecule has 516 valence electrons. The normalized spacial score (nSPS) is 49.7. The first kappa shape index (κ1) is 71.5. The van der Waals surface area contributed by atoms with E-state index in [9.17, 15) is 90.4 Å². The highest BCUT2D eigenvalue weighted by Crippen LogP contribution is 2.76. The van der Waals surface area contributed by atoms with Crippen LogP contribution >= 0.6 is 0 Å². The Morgan fingerprint density at radius 1 is 0.615 bits per heavy atom. The number of allylic oxidation sites excluding steroid dienone is 3. The molecule has 0 unspecified atom stereocenters. The summed E-state index contributed by atoms with van der Waals surface area (Å²) in [6.07, 6.45) is -35.7. The number of ether oxygens (including phenoxy) is 11. The molecule has 4 aliphatic heterocycles. The van der Waals surface area contributed by atoms with E-state index in [1.54, 1.807) is 26.8 Å². The number of hydrogen-bond acceptors (Lipinski definition) is 28. The lowest BCUT2D eigenvalue weighted by Crippen LogP contribution is -2.73. The number of aliphatic carboxylic acids is 1. The molecule has 13 N–H and O–H groups in total. The van der Waals surface area contributed by atoms with Gasteiger partial charge in [0.05, 0.1) is 43.4 Å². The number of hydrogen-bond donors (Lipinski definition) is 13. The third-order valence-corrected chi connectivity index (χ3v) is 22.9. The zero-order chi connectivity index (χ0) is 67.2. The quantitative estimate of drug-likeness (QED) is 0.0186. The van der Waals surface area contributed by atoms with Gasteiger partial charge in [-0.05, 0) is 92.8 Å². The summed E-state index contributed by atoms with van der Waals surface area (Å²) in [5, 5.41) is 142. The third kappa shape index (κ3) is 12.1. The van der Waals surface area contributed by atoms with Crippen molar-refractivity contribution >= 4 is 30.2 Å². The van der Waals surface area contributed by atoms with Crippen molar-refractivity contribution in [1.82, 2.24) is 0 Å². The van der Waals surface area contributed by atoms with E-state index in [1.165, 1.54) is 13.8 Å². The van der Waals surface area contributed by atoms with Gasteiger partial charge in [-0.2, -0.15) is 0 Å². The molecule has 0 radical (unpaired) electrons. The maximum Gasteiger partial charge on any atom is 0.335 e. The van der Waals surface area contributed by atoms with E-state index >= 15 is 0 Å². The van der Waals surface area contributed by atoms with Gasteiger partial charge in [0.15, 0.2) is 37.4 Å². The summed E-state index contributed by atoms with van der Waals surface area (Å²) < 4.78 is 67.2. The molecule has 0 amide bonds. The Labute approximate surface area is 526 Å². The van der Waals surface area contributed by atoms with Crippen LogP contribution in [0.5, 0.6) is 0 Å². The lowest BCUT2D eigenvalue weighted by Gasteiger charge is -2.72. The van der Waals surface area contributed by atoms with Crippen molar-refractivity contribution < 1.29 is 142 Å². The van der Waals surface area contributed by atoms with Gasteiger partial charge in [-0.3, -0.25) is 9.59 Å². The minimum atomic E-state index is -2.33. The highest BCUT2D eigenvalue weighted by atomic mass is 16.8. The van der Waals surface area contributed by atoms with Crippen LogP contribution in [0.4, 0.5) is 0 Å². The standard InChI is InChI=1S/C62H94O29/c1-11-25(2)52(80)91-49-50(83-27(4)68)62(24-66)29(18-57(49,5)6)28-12-13-34-58(7)16-15-35(59(8,23-65)33(58)14-17-60(34,9)61(28,10)19-36(62)82-26(3)67)86-56-48(90-54-43(76)41(74)39(72)32(21-64)85-54)45(44(77)46(88-56)51(78)79)87-55-47(37(70)30(69)22-81-55)89-53-42(75)40(73)38(71)31(20-63)84-53/h11-12,23,29-50,53-56,63-64,66,69-77H,13-22,24H2,1-10H3,(H,78,79)/b25-11-/t29-,30+,31-,32+,33-,34-,35-,36+,37-,38+,39-,40+,41+,42+,43+,44-,45-,46-,47-,48+,49-,50+,53-,54+,55+,56-,58+,59+,60-,61-,62+/m1/s1. The fourth-order valence-electron chi connectivity index (χ4n) is 17.6. The molecule has 31 atom stereocenters. The van der Waals surface area contributed by atoms with Crippen LogP contribution in [0.3, 0.4) is 0 Å². The zero-order valence-corrected chi connectivity index (χ0v) is 52.9. The Balaban J connectivity index is 1.07. The van der Waals surface area contributed by atoms with Gasteiger partial charge in [-0.15, -0.1) is 0 Å². The maximum absolute atomic E-state index is 14.3. The van der Waals surface area contributed by atoms with E-state index in [-0.39, 0.29) is 18.8 Å². The molecule has 4 saturated heterocycles. The van der Waals surface area contributed by atoms with Crippen LogP contribution in [0, 0.1) is 50.2 Å². The molecule has 29 nitrogen and oxygen atoms in total. The summed E-state index contributed by atoms with van der Waals surface area (Å²) in [6.45, 7) is 14.6. The number of carbonyl (C=O) groups excluding carboxylic acids is 4. The summed E-state index contributed by atoms with van der Waals surface area (Å²) in [7, 11) is 0. The number of aliphatic hydroxyl groups is 12. The predicted octanol–water partition coefficient (Wildman–Crippen LogP) is -2.08. The van der Waals surface area contributed by atoms with Gasteiger partial charge in [0.25, 0.3) is 0 Å². The van der Waals surface area contributed by atoms with Crippen molar-refractivity contribution in [2.75, 3.05) is 26.4 Å². The van der Waals surface area contributed by atoms with Gasteiger partial charge in [-0.25, -0.2) is 9.59 Å². The molecule has 9 rings (SSSR count). The molecular formula is C62H94O29. The molecule has 29 heteroatoms. The zero-order valence-electron chi connectivity index (χ0n) is 52.9. The summed E-state index contributed by atoms with van der Waals surface area (Å²) in [5.41, 5.74) is -4.75. The van der Waals surface area contributed by atoms with Gasteiger partial charge >= 0.3 is 23.9 Å². The van der Waals surface area contributed by atoms with Crippen LogP contribution in [0.25, 0.3) is 0 Å². The number of fused-ring (bicyclic) bond motifs is 7. The second-order valence-corrected chi connectivity index (χ2v) is 28.3. The molecule has 0 bridgehead atoms. The van der Waals surface area contributed by atoms with Crippen molar-refractivity contribution in [3.63, 3.8) is 0 Å². The number of rotatable bonds is 17. The van der Waals surface area contributed by atoms with Crippen molar-refractivity contribution in [2.24, 2.45) is 50.2 Å². The van der Waals surface area contributed by atoms with Crippen LogP contribution in [0.15, 0.2) is 23.3 Å². The fraction of sp³-hybridized carbons (Fsp3) is 0.855. The van der Waals surface area contributed by atoms with E-state index in [4.69, 9.17) is 52.1 Å². The Hall–Kier alpha value is -3.77. The summed E-state index contributed by atoms with van der Waals surface area (Å²) in [6, 6.07) is 0. The van der Waals surface area contributed by atoms with Gasteiger partial charge in [0.1, 0.15) is 104 Å². The van der Waals surface area contributed by atoms with Gasteiger partial charge in [0.2, 0.25) is 0 Å². The molecule has 4 heterocycles. The largest absolute Gasteiger partial charge is 0.479 e. The van der Waals surface area contributed by atoms with Crippen LogP contribution in [0.1, 0.15) is 114 Å². The Morgan fingerprint density at radius 2 is 1.20 bits per heavy atom. The summed E-state index contributed by atoms with van der Waals surface area (Å²) in [5.74, 6) is -5.11. The molecule has 8 fully saturated rings. The molecule has 9 aliphatic rings. The number of carbonyl (C=O) groups is 5. The minimum absolute atomic E-state index is 0.0722. The van der Waals surface area contributed by atoms with E-state index in [0.717, 1.165) is 11.9 Å². The van der Waals surface area contributed by atoms with Crippen LogP contribution in [-0.4, -0.2) is 264 Å². The first-order chi connectivity index (χ1) is 42.6. The van der Waals surface area contributed by atoms with E-state index in [0.29, 0.717) is 37.7 Å². The summed E-state index contributed by atoms with van der Waals surface area (Å²) >= 11 is 0. The second-order valence-electron chi connectivity index (χ2n) is 28.3. The molecule has 5 aliphatic carbocycles.